The van der Waals surface area contributed by atoms with Crippen molar-refractivity contribution in [3.63, 3.8) is 0 Å². The minimum atomic E-state index is -0.717. The van der Waals surface area contributed by atoms with Crippen molar-refractivity contribution in [1.29, 1.82) is 0 Å². The van der Waals surface area contributed by atoms with Crippen LogP contribution in [-0.2, 0) is 14.3 Å². The van der Waals surface area contributed by atoms with Crippen LogP contribution in [0.4, 0.5) is 4.79 Å². The quantitative estimate of drug-likeness (QED) is 0.715. The number of pyridine rings is 1. The molecule has 0 aliphatic carbocycles. The molecule has 0 spiro atoms. The van der Waals surface area contributed by atoms with Crippen molar-refractivity contribution in [1.82, 2.24) is 10.3 Å². The van der Waals surface area contributed by atoms with E-state index >= 15 is 0 Å². The average Bonchev–Trinajstić information content (AvgIpc) is 2.63. The molecule has 0 aliphatic rings. The van der Waals surface area contributed by atoms with Gasteiger partial charge in [-0.3, -0.25) is 9.78 Å². The summed E-state index contributed by atoms with van der Waals surface area (Å²) in [6.45, 7) is 10.9. The zero-order valence-electron chi connectivity index (χ0n) is 18.2. The number of benzene rings is 1. The van der Waals surface area contributed by atoms with Gasteiger partial charge in [-0.1, -0.05) is 30.4 Å². The number of methoxy groups -OCH3 is 1. The van der Waals surface area contributed by atoms with Gasteiger partial charge in [-0.15, -0.1) is 0 Å². The van der Waals surface area contributed by atoms with Crippen LogP contribution in [-0.4, -0.2) is 29.8 Å². The van der Waals surface area contributed by atoms with Crippen LogP contribution < -0.4 is 5.32 Å². The number of hydrogen-bond acceptors (Lipinski definition) is 5. The first kappa shape index (κ1) is 22.4. The van der Waals surface area contributed by atoms with Gasteiger partial charge in [0.05, 0.1) is 29.8 Å². The van der Waals surface area contributed by atoms with Crippen molar-refractivity contribution in [2.45, 2.75) is 53.2 Å². The fourth-order valence-corrected chi connectivity index (χ4v) is 2.69. The minimum Gasteiger partial charge on any atom is -0.468 e. The van der Waals surface area contributed by atoms with E-state index in [9.17, 15) is 9.59 Å². The van der Waals surface area contributed by atoms with E-state index in [0.717, 1.165) is 22.2 Å². The highest BCUT2D eigenvalue weighted by molar-refractivity contribution is 5.83. The number of amides is 1. The summed E-state index contributed by atoms with van der Waals surface area (Å²) in [6.07, 6.45) is 3.22. The van der Waals surface area contributed by atoms with E-state index in [2.05, 4.69) is 10.3 Å². The topological polar surface area (TPSA) is 77.5 Å². The summed E-state index contributed by atoms with van der Waals surface area (Å²) < 4.78 is 10.1. The Bertz CT molecular complexity index is 926. The number of nitrogens with zero attached hydrogens (tertiary/aromatic N) is 1. The lowest BCUT2D eigenvalue weighted by atomic mass is 9.92. The second-order valence-corrected chi connectivity index (χ2v) is 8.60. The molecule has 1 unspecified atom stereocenters. The van der Waals surface area contributed by atoms with E-state index in [4.69, 9.17) is 9.47 Å². The molecule has 1 heterocycles. The fraction of sp³-hybridized carbons (Fsp3) is 0.435. The summed E-state index contributed by atoms with van der Waals surface area (Å²) in [5.74, 6) is -0.294. The molecule has 2 aromatic rings. The molecule has 6 nitrogen and oxygen atoms in total. The SMILES string of the molecule is COC(=O)C(C)(C)C=Cc1ccc2ccc(C(C)NC(=O)OC(C)(C)C)nc2c1. The molecule has 1 N–H and O–H groups in total. The van der Waals surface area contributed by atoms with Crippen molar-refractivity contribution in [2.24, 2.45) is 5.41 Å². The Labute approximate surface area is 172 Å². The predicted octanol–water partition coefficient (Wildman–Crippen LogP) is 5.03. The molecule has 1 atom stereocenters. The second-order valence-electron chi connectivity index (χ2n) is 8.60. The third-order valence-corrected chi connectivity index (χ3v) is 4.32. The lowest BCUT2D eigenvalue weighted by Gasteiger charge is -2.22. The molecule has 0 saturated carbocycles. The lowest BCUT2D eigenvalue weighted by Crippen LogP contribution is -2.34. The van der Waals surface area contributed by atoms with Crippen molar-refractivity contribution in [3.05, 3.63) is 47.7 Å². The van der Waals surface area contributed by atoms with Crippen LogP contribution >= 0.6 is 0 Å². The number of carbonyl (C=O) groups is 2. The summed E-state index contributed by atoms with van der Waals surface area (Å²) in [7, 11) is 1.38. The molecule has 0 bridgehead atoms. The highest BCUT2D eigenvalue weighted by atomic mass is 16.6. The maximum absolute atomic E-state index is 12.0. The normalized spacial score (nSPS) is 13.3. The standard InChI is InChI=1S/C23H30N2O4/c1-15(24-21(27)29-22(2,3)4)18-11-10-17-9-8-16(14-19(17)25-18)12-13-23(5,6)20(26)28-7/h8-15H,1-7H3,(H,24,27). The van der Waals surface area contributed by atoms with Gasteiger partial charge in [0.1, 0.15) is 5.60 Å². The Morgan fingerprint density at radius 3 is 2.38 bits per heavy atom. The summed E-state index contributed by atoms with van der Waals surface area (Å²) >= 11 is 0. The molecule has 0 aliphatic heterocycles. The van der Waals surface area contributed by atoms with Gasteiger partial charge in [0.15, 0.2) is 0 Å². The third kappa shape index (κ3) is 6.31. The van der Waals surface area contributed by atoms with E-state index < -0.39 is 17.1 Å². The van der Waals surface area contributed by atoms with Crippen LogP contribution in [0.2, 0.25) is 0 Å². The van der Waals surface area contributed by atoms with E-state index in [-0.39, 0.29) is 12.0 Å². The first-order valence-corrected chi connectivity index (χ1v) is 9.59. The summed E-state index contributed by atoms with van der Waals surface area (Å²) in [5, 5.41) is 3.80. The maximum atomic E-state index is 12.0. The molecule has 6 heteroatoms. The van der Waals surface area contributed by atoms with Gasteiger partial charge >= 0.3 is 12.1 Å². The minimum absolute atomic E-state index is 0.294. The molecule has 0 fully saturated rings. The summed E-state index contributed by atoms with van der Waals surface area (Å²) in [5.41, 5.74) is 1.19. The van der Waals surface area contributed by atoms with Crippen molar-refractivity contribution >= 4 is 29.0 Å². The number of ether oxygens (including phenoxy) is 2. The maximum Gasteiger partial charge on any atom is 0.408 e. The Hall–Kier alpha value is -2.89. The lowest BCUT2D eigenvalue weighted by molar-refractivity contribution is -0.148. The average molecular weight is 399 g/mol. The third-order valence-electron chi connectivity index (χ3n) is 4.32. The van der Waals surface area contributed by atoms with E-state index in [0.29, 0.717) is 0 Å². The van der Waals surface area contributed by atoms with Gasteiger partial charge in [-0.2, -0.15) is 0 Å². The molecular formula is C23H30N2O4. The highest BCUT2D eigenvalue weighted by Crippen LogP contribution is 2.23. The molecule has 0 saturated heterocycles. The molecule has 1 aromatic carbocycles. The van der Waals surface area contributed by atoms with Gasteiger partial charge < -0.3 is 14.8 Å². The van der Waals surface area contributed by atoms with Crippen LogP contribution in [0, 0.1) is 5.41 Å². The predicted molar refractivity (Wildman–Crippen MR) is 114 cm³/mol. The number of esters is 1. The number of aromatic nitrogens is 1. The largest absolute Gasteiger partial charge is 0.468 e. The molecule has 1 amide bonds. The van der Waals surface area contributed by atoms with Gasteiger partial charge in [0.25, 0.3) is 0 Å². The molecular weight excluding hydrogens is 368 g/mol. The Kier molecular flexibility index (Phi) is 6.67. The van der Waals surface area contributed by atoms with Crippen LogP contribution in [0.3, 0.4) is 0 Å². The first-order chi connectivity index (χ1) is 13.4. The van der Waals surface area contributed by atoms with Crippen LogP contribution in [0.25, 0.3) is 17.0 Å². The van der Waals surface area contributed by atoms with E-state index in [1.807, 2.05) is 70.2 Å². The number of fused-ring (bicyclic) bond motifs is 1. The van der Waals surface area contributed by atoms with Crippen LogP contribution in [0.5, 0.6) is 0 Å². The van der Waals surface area contributed by atoms with Crippen LogP contribution in [0.1, 0.15) is 58.8 Å². The van der Waals surface area contributed by atoms with E-state index in [1.54, 1.807) is 13.8 Å². The summed E-state index contributed by atoms with van der Waals surface area (Å²) in [4.78, 5) is 28.5. The molecule has 2 rings (SSSR count). The van der Waals surface area contributed by atoms with Gasteiger partial charge in [0, 0.05) is 5.39 Å². The van der Waals surface area contributed by atoms with Crippen molar-refractivity contribution in [2.75, 3.05) is 7.11 Å². The van der Waals surface area contributed by atoms with Crippen molar-refractivity contribution in [3.8, 4) is 0 Å². The first-order valence-electron chi connectivity index (χ1n) is 9.59. The number of hydrogen-bond donors (Lipinski definition) is 1. The Balaban J connectivity index is 2.22. The summed E-state index contributed by atoms with van der Waals surface area (Å²) in [6, 6.07) is 9.45. The number of rotatable bonds is 5. The smallest absolute Gasteiger partial charge is 0.408 e. The Morgan fingerprint density at radius 1 is 1.10 bits per heavy atom. The van der Waals surface area contributed by atoms with Gasteiger partial charge in [0.2, 0.25) is 0 Å². The Morgan fingerprint density at radius 2 is 1.76 bits per heavy atom. The molecule has 156 valence electrons. The molecule has 1 aromatic heterocycles. The van der Waals surface area contributed by atoms with Gasteiger partial charge in [-0.05, 0) is 59.2 Å². The zero-order valence-corrected chi connectivity index (χ0v) is 18.2. The number of carbonyl (C=O) groups excluding carboxylic acids is 2. The fourth-order valence-electron chi connectivity index (χ4n) is 2.69. The zero-order chi connectivity index (χ0) is 21.8. The molecule has 29 heavy (non-hydrogen) atoms. The number of alkyl carbamates (subject to hydrolysis) is 1. The monoisotopic (exact) mass is 398 g/mol. The highest BCUT2D eigenvalue weighted by Gasteiger charge is 2.25. The van der Waals surface area contributed by atoms with Crippen LogP contribution in [0.15, 0.2) is 36.4 Å². The van der Waals surface area contributed by atoms with Crippen molar-refractivity contribution < 1.29 is 19.1 Å². The molecule has 0 radical (unpaired) electrons. The van der Waals surface area contributed by atoms with E-state index in [1.165, 1.54) is 7.11 Å². The number of nitrogens with one attached hydrogen (secondary N) is 1. The van der Waals surface area contributed by atoms with Gasteiger partial charge in [-0.25, -0.2) is 4.79 Å². The second kappa shape index (κ2) is 8.64.